The normalized spacial score (nSPS) is 14.0. The molecule has 0 aromatic carbocycles. The molecule has 56 valence electrons. The van der Waals surface area contributed by atoms with E-state index in [2.05, 4.69) is 42.9 Å². The van der Waals surface area contributed by atoms with Crippen molar-refractivity contribution in [3.8, 4) is 0 Å². The van der Waals surface area contributed by atoms with E-state index in [9.17, 15) is 0 Å². The Hall–Kier alpha value is 1.44. The van der Waals surface area contributed by atoms with Gasteiger partial charge in [-0.2, -0.15) is 0 Å². The molecular weight excluding hydrogens is 249 g/mol. The van der Waals surface area contributed by atoms with Crippen LogP contribution in [0.5, 0.6) is 0 Å². The van der Waals surface area contributed by atoms with Crippen molar-refractivity contribution in [3.63, 3.8) is 0 Å². The zero-order valence-corrected chi connectivity index (χ0v) is 12.4. The molecule has 0 rings (SSSR count). The SMILES string of the molecule is [CH3][Ge]([CH3])([CH3])[S][Ge]([CH3])([CH3])[CH3]. The number of rotatable bonds is 2. The van der Waals surface area contributed by atoms with Crippen LogP contribution in [-0.2, 0) is 0 Å². The van der Waals surface area contributed by atoms with Gasteiger partial charge < -0.3 is 0 Å². The van der Waals surface area contributed by atoms with Crippen molar-refractivity contribution in [2.24, 2.45) is 0 Å². The standard InChI is InChI=1S/C6H18Ge2S/c1-7(2,3)9-8(4,5)6/h1-6H3. The summed E-state index contributed by atoms with van der Waals surface area (Å²) in [6.45, 7) is 0. The van der Waals surface area contributed by atoms with Crippen molar-refractivity contribution >= 4 is 32.7 Å². The fraction of sp³-hybridized carbons (Fsp3) is 1.00. The third kappa shape index (κ3) is 9.44. The van der Waals surface area contributed by atoms with Crippen molar-refractivity contribution in [1.29, 1.82) is 0 Å². The van der Waals surface area contributed by atoms with Crippen LogP contribution in [-0.4, -0.2) is 24.2 Å². The summed E-state index contributed by atoms with van der Waals surface area (Å²) in [6, 6.07) is 0. The van der Waals surface area contributed by atoms with Gasteiger partial charge in [-0.05, 0) is 0 Å². The third-order valence-electron chi connectivity index (χ3n) is 0.612. The molecule has 0 bridgehead atoms. The molecule has 9 heavy (non-hydrogen) atoms. The topological polar surface area (TPSA) is 0 Å². The molecule has 0 spiro atoms. The van der Waals surface area contributed by atoms with Gasteiger partial charge >= 0.3 is 67.2 Å². The summed E-state index contributed by atoms with van der Waals surface area (Å²) in [4.78, 5) is 0. The van der Waals surface area contributed by atoms with E-state index in [1.54, 1.807) is 0 Å². The van der Waals surface area contributed by atoms with Crippen molar-refractivity contribution in [2.45, 2.75) is 34.5 Å². The molecule has 0 N–H and O–H groups in total. The summed E-state index contributed by atoms with van der Waals surface area (Å²) in [6.07, 6.45) is 0. The molecule has 0 heterocycles. The van der Waals surface area contributed by atoms with Gasteiger partial charge in [-0.15, -0.1) is 0 Å². The molecule has 0 aromatic rings. The zero-order valence-electron chi connectivity index (χ0n) is 7.41. The number of hydrogen-bond donors (Lipinski definition) is 0. The van der Waals surface area contributed by atoms with Gasteiger partial charge in [-0.25, -0.2) is 0 Å². The van der Waals surface area contributed by atoms with E-state index in [0.717, 1.165) is 0 Å². The molecule has 0 atom stereocenters. The summed E-state index contributed by atoms with van der Waals surface area (Å²) < 4.78 is 0. The van der Waals surface area contributed by atoms with Crippen LogP contribution in [0.4, 0.5) is 0 Å². The predicted molar refractivity (Wildman–Crippen MR) is 54.3 cm³/mol. The second-order valence-electron chi connectivity index (χ2n) is 4.33. The first-order valence-electron chi connectivity index (χ1n) is 3.41. The first-order valence-corrected chi connectivity index (χ1v) is 22.0. The summed E-state index contributed by atoms with van der Waals surface area (Å²) in [7, 11) is 2.39. The molecule has 0 saturated carbocycles. The second kappa shape index (κ2) is 3.22. The van der Waals surface area contributed by atoms with E-state index >= 15 is 0 Å². The molecule has 0 aliphatic heterocycles. The molecule has 0 nitrogen and oxygen atoms in total. The quantitative estimate of drug-likeness (QED) is 0.691. The fourth-order valence-corrected chi connectivity index (χ4v) is 74.4. The molecule has 0 radical (unpaired) electrons. The van der Waals surface area contributed by atoms with E-state index in [0.29, 0.717) is 0 Å². The first-order chi connectivity index (χ1) is 3.71. The Bertz CT molecular complexity index is 76.2. The Kier molecular flexibility index (Phi) is 3.74. The third-order valence-corrected chi connectivity index (χ3v) is 49.6. The fourth-order valence-electron chi connectivity index (χ4n) is 0.919. The molecule has 0 aliphatic carbocycles. The zero-order chi connectivity index (χ0) is 7.71. The van der Waals surface area contributed by atoms with Crippen LogP contribution >= 0.6 is 8.41 Å². The molecule has 0 unspecified atom stereocenters. The van der Waals surface area contributed by atoms with Gasteiger partial charge in [0.25, 0.3) is 0 Å². The average molecular weight is 267 g/mol. The average Bonchev–Trinajstić information content (AvgIpc) is 1.14. The molecule has 0 aliphatic rings. The molecule has 0 amide bonds. The molecular formula is C6H18Ge2S. The van der Waals surface area contributed by atoms with Crippen molar-refractivity contribution in [1.82, 2.24) is 0 Å². The van der Waals surface area contributed by atoms with E-state index < -0.39 is 24.2 Å². The van der Waals surface area contributed by atoms with Crippen LogP contribution in [0.2, 0.25) is 34.5 Å². The van der Waals surface area contributed by atoms with Crippen LogP contribution in [0.3, 0.4) is 0 Å². The Morgan fingerprint density at radius 1 is 0.667 bits per heavy atom. The molecule has 3 heteroatoms. The number of hydrogen-bond acceptors (Lipinski definition) is 1. The van der Waals surface area contributed by atoms with Gasteiger partial charge in [0.15, 0.2) is 0 Å². The van der Waals surface area contributed by atoms with E-state index in [1.807, 2.05) is 0 Å². The van der Waals surface area contributed by atoms with E-state index in [1.165, 1.54) is 0 Å². The first kappa shape index (κ1) is 10.4. The molecule has 0 saturated heterocycles. The second-order valence-corrected chi connectivity index (χ2v) is 42.9. The summed E-state index contributed by atoms with van der Waals surface area (Å²) in [5, 5.41) is 0. The molecule has 0 fully saturated rings. The van der Waals surface area contributed by atoms with Gasteiger partial charge in [-0.3, -0.25) is 0 Å². The van der Waals surface area contributed by atoms with E-state index in [-0.39, 0.29) is 0 Å². The van der Waals surface area contributed by atoms with Crippen molar-refractivity contribution in [3.05, 3.63) is 0 Å². The van der Waals surface area contributed by atoms with Crippen LogP contribution in [0, 0.1) is 0 Å². The van der Waals surface area contributed by atoms with Gasteiger partial charge in [-0.1, -0.05) is 0 Å². The summed E-state index contributed by atoms with van der Waals surface area (Å²) in [5.41, 5.74) is 0. The Morgan fingerprint density at radius 2 is 0.889 bits per heavy atom. The van der Waals surface area contributed by atoms with Gasteiger partial charge in [0.05, 0.1) is 0 Å². The van der Waals surface area contributed by atoms with Gasteiger partial charge in [0.1, 0.15) is 0 Å². The Labute approximate surface area is 66.9 Å². The van der Waals surface area contributed by atoms with Crippen LogP contribution < -0.4 is 0 Å². The van der Waals surface area contributed by atoms with Crippen LogP contribution in [0.15, 0.2) is 0 Å². The minimum atomic E-state index is -1.24. The van der Waals surface area contributed by atoms with Crippen molar-refractivity contribution in [2.75, 3.05) is 0 Å². The van der Waals surface area contributed by atoms with Gasteiger partial charge in [0, 0.05) is 0 Å². The maximum absolute atomic E-state index is 2.49. The summed E-state index contributed by atoms with van der Waals surface area (Å²) in [5.74, 6) is 14.9. The minimum absolute atomic E-state index is 1.24. The van der Waals surface area contributed by atoms with Crippen molar-refractivity contribution < 1.29 is 0 Å². The van der Waals surface area contributed by atoms with Crippen LogP contribution in [0.1, 0.15) is 0 Å². The molecule has 0 aromatic heterocycles. The maximum atomic E-state index is 2.49. The van der Waals surface area contributed by atoms with Crippen LogP contribution in [0.25, 0.3) is 0 Å². The monoisotopic (exact) mass is 270 g/mol. The Morgan fingerprint density at radius 3 is 0.889 bits per heavy atom. The predicted octanol–water partition coefficient (Wildman–Crippen LogP) is 3.39. The Balaban J connectivity index is 3.75. The van der Waals surface area contributed by atoms with E-state index in [4.69, 9.17) is 0 Å². The summed E-state index contributed by atoms with van der Waals surface area (Å²) >= 11 is -2.48. The van der Waals surface area contributed by atoms with Gasteiger partial charge in [0.2, 0.25) is 0 Å².